The number of phenols is 1. The van der Waals surface area contributed by atoms with Crippen molar-refractivity contribution in [2.45, 2.75) is 6.92 Å². The van der Waals surface area contributed by atoms with Crippen LogP contribution in [0, 0.1) is 6.92 Å². The van der Waals surface area contributed by atoms with Gasteiger partial charge in [0.1, 0.15) is 11.3 Å². The monoisotopic (exact) mass is 290 g/mol. The number of nitrogens with zero attached hydrogens (tertiary/aromatic N) is 2. The third-order valence-corrected chi connectivity index (χ3v) is 2.88. The van der Waals surface area contributed by atoms with E-state index < -0.39 is 5.97 Å². The van der Waals surface area contributed by atoms with Gasteiger partial charge in [-0.05, 0) is 48.9 Å². The predicted molar refractivity (Wildman–Crippen MR) is 75.4 cm³/mol. The first-order valence-electron chi connectivity index (χ1n) is 5.71. The van der Waals surface area contributed by atoms with Crippen molar-refractivity contribution in [3.05, 3.63) is 52.5 Å². The van der Waals surface area contributed by atoms with Gasteiger partial charge in [-0.25, -0.2) is 4.79 Å². The van der Waals surface area contributed by atoms with E-state index in [-0.39, 0.29) is 11.3 Å². The summed E-state index contributed by atoms with van der Waals surface area (Å²) < 4.78 is 0. The molecule has 0 heterocycles. The molecule has 102 valence electrons. The first-order chi connectivity index (χ1) is 9.47. The Bertz CT molecular complexity index is 699. The number of carboxylic acid groups (broad SMARTS) is 1. The molecule has 0 aromatic heterocycles. The Morgan fingerprint density at radius 1 is 1.15 bits per heavy atom. The number of aromatic carboxylic acids is 1. The van der Waals surface area contributed by atoms with Crippen LogP contribution in [0.5, 0.6) is 5.75 Å². The van der Waals surface area contributed by atoms with Gasteiger partial charge >= 0.3 is 5.97 Å². The number of halogens is 1. The highest BCUT2D eigenvalue weighted by Gasteiger charge is 2.09. The summed E-state index contributed by atoms with van der Waals surface area (Å²) in [5, 5.41) is 26.9. The summed E-state index contributed by atoms with van der Waals surface area (Å²) in [6.45, 7) is 1.85. The zero-order chi connectivity index (χ0) is 14.7. The van der Waals surface area contributed by atoms with Gasteiger partial charge in [-0.15, -0.1) is 0 Å². The zero-order valence-electron chi connectivity index (χ0n) is 10.5. The molecule has 0 aliphatic heterocycles. The van der Waals surface area contributed by atoms with Crippen molar-refractivity contribution in [3.8, 4) is 5.75 Å². The highest BCUT2D eigenvalue weighted by Crippen LogP contribution is 2.27. The van der Waals surface area contributed by atoms with Gasteiger partial charge in [0.2, 0.25) is 0 Å². The van der Waals surface area contributed by atoms with Crippen LogP contribution in [0.2, 0.25) is 5.02 Å². The van der Waals surface area contributed by atoms with E-state index in [9.17, 15) is 9.90 Å². The van der Waals surface area contributed by atoms with E-state index in [2.05, 4.69) is 10.2 Å². The molecule has 0 aliphatic rings. The number of hydrogen-bond acceptors (Lipinski definition) is 4. The summed E-state index contributed by atoms with van der Waals surface area (Å²) in [4.78, 5) is 10.9. The highest BCUT2D eigenvalue weighted by molar-refractivity contribution is 6.30. The number of azo groups is 1. The molecule has 2 rings (SSSR count). The molecule has 0 saturated carbocycles. The lowest BCUT2D eigenvalue weighted by molar-refractivity contribution is 0.0694. The molecule has 20 heavy (non-hydrogen) atoms. The van der Waals surface area contributed by atoms with Crippen LogP contribution < -0.4 is 0 Å². The third kappa shape index (κ3) is 3.13. The number of rotatable bonds is 3. The fraction of sp³-hybridized carbons (Fsp3) is 0.0714. The van der Waals surface area contributed by atoms with Crippen LogP contribution in [0.25, 0.3) is 0 Å². The van der Waals surface area contributed by atoms with Crippen LogP contribution in [-0.4, -0.2) is 16.2 Å². The van der Waals surface area contributed by atoms with Gasteiger partial charge in [0, 0.05) is 5.02 Å². The summed E-state index contributed by atoms with van der Waals surface area (Å²) in [5.74, 6) is -1.53. The molecule has 0 bridgehead atoms. The lowest BCUT2D eigenvalue weighted by Crippen LogP contribution is -1.95. The summed E-state index contributed by atoms with van der Waals surface area (Å²) >= 11 is 5.84. The van der Waals surface area contributed by atoms with Crippen LogP contribution in [0.15, 0.2) is 46.6 Å². The molecule has 5 nitrogen and oxygen atoms in total. The SMILES string of the molecule is Cc1cc(Cl)ccc1N=Nc1ccc(O)c(C(=O)O)c1. The zero-order valence-corrected chi connectivity index (χ0v) is 11.3. The quantitative estimate of drug-likeness (QED) is 0.818. The molecule has 0 aliphatic carbocycles. The van der Waals surface area contributed by atoms with Crippen LogP contribution in [0.4, 0.5) is 11.4 Å². The predicted octanol–water partition coefficient (Wildman–Crippen LogP) is 4.47. The lowest BCUT2D eigenvalue weighted by Gasteiger charge is -2.01. The molecular formula is C14H11ClN2O3. The van der Waals surface area contributed by atoms with E-state index in [1.54, 1.807) is 18.2 Å². The number of aryl methyl sites for hydroxylation is 1. The number of carboxylic acids is 1. The molecular weight excluding hydrogens is 280 g/mol. The van der Waals surface area contributed by atoms with Crippen molar-refractivity contribution in [1.82, 2.24) is 0 Å². The average Bonchev–Trinajstić information content (AvgIpc) is 2.39. The number of hydrogen-bond donors (Lipinski definition) is 2. The second kappa shape index (κ2) is 5.71. The summed E-state index contributed by atoms with van der Waals surface area (Å²) in [7, 11) is 0. The lowest BCUT2D eigenvalue weighted by atomic mass is 10.2. The van der Waals surface area contributed by atoms with Crippen molar-refractivity contribution >= 4 is 28.9 Å². The fourth-order valence-corrected chi connectivity index (χ4v) is 1.83. The van der Waals surface area contributed by atoms with Gasteiger partial charge in [0.15, 0.2) is 0 Å². The fourth-order valence-electron chi connectivity index (χ4n) is 1.60. The Kier molecular flexibility index (Phi) is 4.00. The smallest absolute Gasteiger partial charge is 0.339 e. The normalized spacial score (nSPS) is 10.9. The molecule has 0 radical (unpaired) electrons. The van der Waals surface area contributed by atoms with E-state index in [1.165, 1.54) is 18.2 Å². The Morgan fingerprint density at radius 3 is 2.55 bits per heavy atom. The van der Waals surface area contributed by atoms with Gasteiger partial charge in [-0.3, -0.25) is 0 Å². The van der Waals surface area contributed by atoms with Gasteiger partial charge in [0.25, 0.3) is 0 Å². The second-order valence-electron chi connectivity index (χ2n) is 4.14. The first kappa shape index (κ1) is 14.0. The van der Waals surface area contributed by atoms with Crippen molar-refractivity contribution in [2.75, 3.05) is 0 Å². The number of benzene rings is 2. The van der Waals surface area contributed by atoms with Crippen molar-refractivity contribution in [3.63, 3.8) is 0 Å². The van der Waals surface area contributed by atoms with Crippen LogP contribution in [0.1, 0.15) is 15.9 Å². The molecule has 0 fully saturated rings. The maximum atomic E-state index is 10.9. The van der Waals surface area contributed by atoms with Crippen LogP contribution in [-0.2, 0) is 0 Å². The number of carbonyl (C=O) groups is 1. The molecule has 0 atom stereocenters. The molecule has 0 amide bonds. The largest absolute Gasteiger partial charge is 0.507 e. The average molecular weight is 291 g/mol. The maximum Gasteiger partial charge on any atom is 0.339 e. The van der Waals surface area contributed by atoms with E-state index >= 15 is 0 Å². The van der Waals surface area contributed by atoms with E-state index in [0.29, 0.717) is 16.4 Å². The summed E-state index contributed by atoms with van der Waals surface area (Å²) in [6, 6.07) is 9.19. The van der Waals surface area contributed by atoms with E-state index in [0.717, 1.165) is 5.56 Å². The second-order valence-corrected chi connectivity index (χ2v) is 4.57. The van der Waals surface area contributed by atoms with Gasteiger partial charge in [-0.2, -0.15) is 10.2 Å². The summed E-state index contributed by atoms with van der Waals surface area (Å²) in [6.07, 6.45) is 0. The molecule has 0 unspecified atom stereocenters. The van der Waals surface area contributed by atoms with Crippen molar-refractivity contribution in [2.24, 2.45) is 10.2 Å². The minimum atomic E-state index is -1.22. The molecule has 0 spiro atoms. The molecule has 0 saturated heterocycles. The van der Waals surface area contributed by atoms with Crippen molar-refractivity contribution in [1.29, 1.82) is 0 Å². The Hall–Kier alpha value is -2.40. The van der Waals surface area contributed by atoms with E-state index in [4.69, 9.17) is 16.7 Å². The van der Waals surface area contributed by atoms with Gasteiger partial charge in [0.05, 0.1) is 11.4 Å². The van der Waals surface area contributed by atoms with Crippen LogP contribution >= 0.6 is 11.6 Å². The highest BCUT2D eigenvalue weighted by atomic mass is 35.5. The molecule has 2 N–H and O–H groups in total. The Balaban J connectivity index is 2.32. The minimum Gasteiger partial charge on any atom is -0.507 e. The van der Waals surface area contributed by atoms with Gasteiger partial charge < -0.3 is 10.2 Å². The topological polar surface area (TPSA) is 82.2 Å². The van der Waals surface area contributed by atoms with Crippen molar-refractivity contribution < 1.29 is 15.0 Å². The maximum absolute atomic E-state index is 10.9. The van der Waals surface area contributed by atoms with Crippen LogP contribution in [0.3, 0.4) is 0 Å². The first-order valence-corrected chi connectivity index (χ1v) is 6.09. The van der Waals surface area contributed by atoms with Gasteiger partial charge in [-0.1, -0.05) is 11.6 Å². The standard InChI is InChI=1S/C14H11ClN2O3/c1-8-6-9(15)2-4-12(8)17-16-10-3-5-13(18)11(7-10)14(19)20/h2-7,18H,1H3,(H,19,20). The van der Waals surface area contributed by atoms with E-state index in [1.807, 2.05) is 6.92 Å². The third-order valence-electron chi connectivity index (χ3n) is 2.64. The number of aromatic hydroxyl groups is 1. The molecule has 2 aromatic carbocycles. The minimum absolute atomic E-state index is 0.214. The Morgan fingerprint density at radius 2 is 1.90 bits per heavy atom. The molecule has 2 aromatic rings. The summed E-state index contributed by atoms with van der Waals surface area (Å²) in [5.41, 5.74) is 1.63. The Labute approximate surface area is 120 Å². The molecule has 6 heteroatoms.